The Labute approximate surface area is 523 Å². The van der Waals surface area contributed by atoms with Crippen LogP contribution in [0.15, 0.2) is 159 Å². The molecule has 12 rings (SSSR count). The third-order valence-electron chi connectivity index (χ3n) is 14.9. The van der Waals surface area contributed by atoms with Crippen LogP contribution in [0.2, 0.25) is 0 Å². The molecule has 0 aliphatic carbocycles. The standard InChI is InChI=1S/C23H23F2N3O2.C22H20F3N3O3.C22H21F2N3O2S/c1-16-13-23(29)28(22(26-16)8-5-17-3-2-4-18(24)14-17)19-6-7-21(20(25)15-19)27-9-11-30-12-10-27;1-14-8-22(29)28(21(26-14)13-31-18-10-15(23)9-16(24)11-18)17-2-3-20(19(25)12-17)27-4-6-30-7-5-27;1-15-11-22(28)27(21(25-15)14-30-18-4-2-3-16(23)12-18)17-5-6-20(19(24)13-17)26-7-9-29-10-8-26/h2-4,6-7,13-15H,5,8-12H2,1H3;2-3,8-12H,4-7,13H2,1H3;2-6,11-13H,7-10,14H2,1H3. The predicted molar refractivity (Wildman–Crippen MR) is 333 cm³/mol. The van der Waals surface area contributed by atoms with E-state index in [4.69, 9.17) is 18.9 Å². The highest BCUT2D eigenvalue weighted by Gasteiger charge is 2.22. The van der Waals surface area contributed by atoms with Crippen molar-refractivity contribution in [1.29, 1.82) is 0 Å². The molecule has 0 bridgehead atoms. The smallest absolute Gasteiger partial charge is 0.258 e. The molecule has 474 valence electrons. The summed E-state index contributed by atoms with van der Waals surface area (Å²) in [6, 6.07) is 33.6. The maximum absolute atomic E-state index is 14.9. The van der Waals surface area contributed by atoms with Crippen molar-refractivity contribution < 1.29 is 49.7 Å². The molecule has 6 aromatic carbocycles. The molecule has 0 radical (unpaired) electrons. The second-order valence-corrected chi connectivity index (χ2v) is 22.5. The molecule has 9 aromatic rings. The number of hydrogen-bond donors (Lipinski definition) is 0. The maximum atomic E-state index is 14.9. The fourth-order valence-electron chi connectivity index (χ4n) is 10.7. The average molecular weight is 1270 g/mol. The van der Waals surface area contributed by atoms with Crippen molar-refractivity contribution in [2.45, 2.75) is 50.9 Å². The lowest BCUT2D eigenvalue weighted by atomic mass is 10.1. The molecular formula is C67H64F7N9O7S. The molecule has 3 aliphatic rings. The predicted octanol–water partition coefficient (Wildman–Crippen LogP) is 10.8. The summed E-state index contributed by atoms with van der Waals surface area (Å²) in [7, 11) is 0. The van der Waals surface area contributed by atoms with E-state index in [9.17, 15) is 45.1 Å². The zero-order chi connectivity index (χ0) is 64.1. The van der Waals surface area contributed by atoms with Crippen LogP contribution >= 0.6 is 11.8 Å². The molecule has 0 saturated carbocycles. The number of thioether (sulfide) groups is 1. The highest BCUT2D eigenvalue weighted by Crippen LogP contribution is 2.29. The summed E-state index contributed by atoms with van der Waals surface area (Å²) in [6.07, 6.45) is 0.940. The van der Waals surface area contributed by atoms with E-state index in [0.717, 1.165) is 28.7 Å². The Morgan fingerprint density at radius 1 is 0.429 bits per heavy atom. The Morgan fingerprint density at radius 3 is 1.27 bits per heavy atom. The number of morpholine rings is 3. The van der Waals surface area contributed by atoms with Crippen molar-refractivity contribution in [1.82, 2.24) is 28.7 Å². The Balaban J connectivity index is 0.000000150. The minimum Gasteiger partial charge on any atom is -0.485 e. The first-order valence-corrected chi connectivity index (χ1v) is 30.3. The molecule has 3 saturated heterocycles. The van der Waals surface area contributed by atoms with Crippen molar-refractivity contribution in [2.24, 2.45) is 0 Å². The number of hydrogen-bond acceptors (Lipinski definition) is 14. The van der Waals surface area contributed by atoms with Crippen LogP contribution in [-0.4, -0.2) is 108 Å². The van der Waals surface area contributed by atoms with Crippen LogP contribution in [0.1, 0.15) is 40.1 Å². The van der Waals surface area contributed by atoms with E-state index in [-0.39, 0.29) is 46.6 Å². The third kappa shape index (κ3) is 16.8. The molecule has 0 amide bonds. The van der Waals surface area contributed by atoms with Crippen LogP contribution in [0.25, 0.3) is 17.1 Å². The maximum Gasteiger partial charge on any atom is 0.258 e. The van der Waals surface area contributed by atoms with Gasteiger partial charge in [0.25, 0.3) is 16.7 Å². The fraction of sp³-hybridized carbons (Fsp3) is 0.284. The minimum absolute atomic E-state index is 0.0475. The topological polar surface area (TPSA) is 151 Å². The summed E-state index contributed by atoms with van der Waals surface area (Å²) in [5.41, 5.74) is 3.98. The van der Waals surface area contributed by atoms with Gasteiger partial charge in [0, 0.05) is 122 Å². The van der Waals surface area contributed by atoms with Gasteiger partial charge in [-0.1, -0.05) is 18.2 Å². The van der Waals surface area contributed by atoms with E-state index >= 15 is 0 Å². The van der Waals surface area contributed by atoms with Crippen LogP contribution in [-0.2, 0) is 39.4 Å². The molecule has 3 aliphatic heterocycles. The van der Waals surface area contributed by atoms with Crippen LogP contribution < -0.4 is 36.1 Å². The van der Waals surface area contributed by atoms with E-state index in [1.807, 2.05) is 20.8 Å². The average Bonchev–Trinajstić information content (AvgIpc) is 1.73. The summed E-state index contributed by atoms with van der Waals surface area (Å²) in [6.45, 7) is 11.8. The second kappa shape index (κ2) is 30.1. The molecule has 3 aromatic heterocycles. The summed E-state index contributed by atoms with van der Waals surface area (Å²) < 4.78 is 124. The highest BCUT2D eigenvalue weighted by atomic mass is 32.2. The Morgan fingerprint density at radius 2 is 0.835 bits per heavy atom. The molecule has 0 unspecified atom stereocenters. The fourth-order valence-corrected chi connectivity index (χ4v) is 11.5. The van der Waals surface area contributed by atoms with Gasteiger partial charge < -0.3 is 33.6 Å². The molecule has 3 fully saturated rings. The number of aryl methyl sites for hydroxylation is 5. The highest BCUT2D eigenvalue weighted by molar-refractivity contribution is 7.98. The normalized spacial score (nSPS) is 14.1. The van der Waals surface area contributed by atoms with Crippen molar-refractivity contribution in [2.75, 3.05) is 93.6 Å². The minimum atomic E-state index is -0.787. The van der Waals surface area contributed by atoms with Crippen LogP contribution in [0.5, 0.6) is 5.75 Å². The summed E-state index contributed by atoms with van der Waals surface area (Å²) >= 11 is 1.37. The van der Waals surface area contributed by atoms with E-state index in [2.05, 4.69) is 15.0 Å². The number of ether oxygens (including phenoxy) is 4. The van der Waals surface area contributed by atoms with Crippen molar-refractivity contribution in [3.8, 4) is 22.8 Å². The Bertz CT molecular complexity index is 4040. The summed E-state index contributed by atoms with van der Waals surface area (Å²) in [5, 5.41) is 0. The summed E-state index contributed by atoms with van der Waals surface area (Å²) in [4.78, 5) is 57.9. The third-order valence-corrected chi connectivity index (χ3v) is 15.9. The summed E-state index contributed by atoms with van der Waals surface area (Å²) in [5.74, 6) is -2.01. The lowest BCUT2D eigenvalue weighted by Crippen LogP contribution is -2.36. The van der Waals surface area contributed by atoms with Crippen LogP contribution in [0, 0.1) is 61.5 Å². The number of nitrogens with zero attached hydrogens (tertiary/aromatic N) is 9. The first-order chi connectivity index (χ1) is 43.9. The number of aromatic nitrogens is 6. The SMILES string of the molecule is Cc1cc(=O)n(-c2ccc(N3CCOCC3)c(F)c2)c(CCc2cccc(F)c2)n1.Cc1cc(=O)n(-c2ccc(N3CCOCC3)c(F)c2)c(COc2cc(F)cc(F)c2)n1.Cc1cc(=O)n(-c2ccc(N3CCOCC3)c(F)c2)c(CSc2cccc(F)c2)n1. The van der Waals surface area contributed by atoms with Gasteiger partial charge in [0.05, 0.1) is 79.5 Å². The van der Waals surface area contributed by atoms with Gasteiger partial charge in [-0.25, -0.2) is 45.7 Å². The quantitative estimate of drug-likeness (QED) is 0.0707. The van der Waals surface area contributed by atoms with Crippen molar-refractivity contribution in [3.63, 3.8) is 0 Å². The van der Waals surface area contributed by atoms with E-state index in [1.165, 1.54) is 86.1 Å². The van der Waals surface area contributed by atoms with Gasteiger partial charge in [0.1, 0.15) is 64.7 Å². The molecule has 0 N–H and O–H groups in total. The van der Waals surface area contributed by atoms with Gasteiger partial charge in [-0.2, -0.15) is 0 Å². The first-order valence-electron chi connectivity index (χ1n) is 29.3. The van der Waals surface area contributed by atoms with Gasteiger partial charge in [-0.15, -0.1) is 11.8 Å². The van der Waals surface area contributed by atoms with Gasteiger partial charge in [0.15, 0.2) is 5.82 Å². The Hall–Kier alpha value is -9.10. The number of rotatable bonds is 15. The van der Waals surface area contributed by atoms with Crippen molar-refractivity contribution in [3.05, 3.63) is 251 Å². The molecule has 91 heavy (non-hydrogen) atoms. The van der Waals surface area contributed by atoms with E-state index in [0.29, 0.717) is 155 Å². The van der Waals surface area contributed by atoms with Crippen LogP contribution in [0.3, 0.4) is 0 Å². The van der Waals surface area contributed by atoms with Crippen LogP contribution in [0.4, 0.5) is 47.8 Å². The number of benzene rings is 6. The van der Waals surface area contributed by atoms with Crippen molar-refractivity contribution >= 4 is 28.8 Å². The number of anilines is 3. The van der Waals surface area contributed by atoms with Gasteiger partial charge in [-0.3, -0.25) is 28.1 Å². The monoisotopic (exact) mass is 1270 g/mol. The number of halogens is 7. The second-order valence-electron chi connectivity index (χ2n) is 21.4. The molecule has 24 heteroatoms. The van der Waals surface area contributed by atoms with E-state index in [1.54, 1.807) is 75.4 Å². The largest absolute Gasteiger partial charge is 0.485 e. The molecule has 0 spiro atoms. The molecule has 6 heterocycles. The van der Waals surface area contributed by atoms with Gasteiger partial charge in [-0.05, 0) is 99.5 Å². The molecular weight excluding hydrogens is 1210 g/mol. The first kappa shape index (κ1) is 64.9. The Kier molecular flexibility index (Phi) is 21.5. The van der Waals surface area contributed by atoms with E-state index < -0.39 is 34.6 Å². The molecule has 16 nitrogen and oxygen atoms in total. The van der Waals surface area contributed by atoms with Gasteiger partial charge >= 0.3 is 0 Å². The zero-order valence-electron chi connectivity index (χ0n) is 50.0. The lowest BCUT2D eigenvalue weighted by Gasteiger charge is -2.29. The van der Waals surface area contributed by atoms with Gasteiger partial charge in [0.2, 0.25) is 0 Å². The lowest BCUT2D eigenvalue weighted by molar-refractivity contribution is 0.122. The molecule has 0 atom stereocenters. The zero-order valence-corrected chi connectivity index (χ0v) is 50.8.